The van der Waals surface area contributed by atoms with Crippen LogP contribution in [-0.2, 0) is 16.6 Å². The molecule has 1 amide bonds. The van der Waals surface area contributed by atoms with Crippen molar-refractivity contribution in [3.05, 3.63) is 65.5 Å². The summed E-state index contributed by atoms with van der Waals surface area (Å²) in [6, 6.07) is 15.9. The van der Waals surface area contributed by atoms with Crippen molar-refractivity contribution in [3.63, 3.8) is 0 Å². The average molecular weight is 517 g/mol. The van der Waals surface area contributed by atoms with Crippen LogP contribution in [0.15, 0.2) is 48.5 Å². The number of rotatable bonds is 9. The second-order valence-corrected chi connectivity index (χ2v) is 12.5. The lowest BCUT2D eigenvalue weighted by Gasteiger charge is -2.23. The van der Waals surface area contributed by atoms with Gasteiger partial charge in [-0.1, -0.05) is 84.6 Å². The zero-order chi connectivity index (χ0) is 27.5. The highest BCUT2D eigenvalue weighted by Gasteiger charge is 2.25. The number of pyridine rings is 1. The van der Waals surface area contributed by atoms with Crippen LogP contribution in [0.5, 0.6) is 11.5 Å². The maximum Gasteiger partial charge on any atom is 0.303 e. The highest BCUT2D eigenvalue weighted by molar-refractivity contribution is 5.99. The smallest absolute Gasteiger partial charge is 0.303 e. The molecule has 1 heterocycles. The zero-order valence-electron chi connectivity index (χ0n) is 23.3. The van der Waals surface area contributed by atoms with Crippen molar-refractivity contribution < 1.29 is 19.4 Å². The maximum atomic E-state index is 13.2. The summed E-state index contributed by atoms with van der Waals surface area (Å²) in [5.41, 5.74) is 1.96. The molecule has 3 aromatic rings. The Kier molecular flexibility index (Phi) is 8.10. The number of carboxylic acids is 1. The van der Waals surface area contributed by atoms with Crippen LogP contribution in [0.25, 0.3) is 10.8 Å². The number of nitrogens with zero attached hydrogens (tertiary/aromatic N) is 1. The van der Waals surface area contributed by atoms with E-state index in [1.807, 2.05) is 38.1 Å². The minimum atomic E-state index is -0.885. The van der Waals surface area contributed by atoms with Crippen molar-refractivity contribution >= 4 is 22.6 Å². The van der Waals surface area contributed by atoms with E-state index in [1.165, 1.54) is 31.2 Å². The number of nitrogens with one attached hydrogen (secondary N) is 1. The second kappa shape index (κ2) is 11.1. The van der Waals surface area contributed by atoms with Crippen LogP contribution in [0.4, 0.5) is 0 Å². The van der Waals surface area contributed by atoms with Crippen molar-refractivity contribution in [3.8, 4) is 11.5 Å². The van der Waals surface area contributed by atoms with E-state index in [4.69, 9.17) is 9.72 Å². The molecule has 202 valence electrons. The first-order valence-electron chi connectivity index (χ1n) is 13.6. The molecule has 1 saturated carbocycles. The van der Waals surface area contributed by atoms with Crippen LogP contribution in [0.1, 0.15) is 88.5 Å². The molecule has 2 aromatic carbocycles. The van der Waals surface area contributed by atoms with Gasteiger partial charge in [-0.15, -0.1) is 0 Å². The number of amides is 1. The summed E-state index contributed by atoms with van der Waals surface area (Å²) in [6.07, 6.45) is 5.63. The van der Waals surface area contributed by atoms with Crippen LogP contribution >= 0.6 is 0 Å². The average Bonchev–Trinajstić information content (AvgIpc) is 3.35. The third-order valence-electron chi connectivity index (χ3n) is 7.41. The monoisotopic (exact) mass is 516 g/mol. The highest BCUT2D eigenvalue weighted by atomic mass is 16.5. The molecule has 0 saturated heterocycles. The predicted molar refractivity (Wildman–Crippen MR) is 151 cm³/mol. The van der Waals surface area contributed by atoms with E-state index in [0.717, 1.165) is 28.6 Å². The van der Waals surface area contributed by atoms with Crippen LogP contribution < -0.4 is 10.1 Å². The number of carbonyl (C=O) groups is 2. The molecule has 38 heavy (non-hydrogen) atoms. The van der Waals surface area contributed by atoms with Gasteiger partial charge in [0.2, 0.25) is 0 Å². The van der Waals surface area contributed by atoms with Gasteiger partial charge in [0.05, 0.1) is 6.42 Å². The number of aromatic nitrogens is 1. The molecule has 1 fully saturated rings. The van der Waals surface area contributed by atoms with Crippen molar-refractivity contribution in [2.24, 2.45) is 11.3 Å². The van der Waals surface area contributed by atoms with E-state index >= 15 is 0 Å². The zero-order valence-corrected chi connectivity index (χ0v) is 23.3. The van der Waals surface area contributed by atoms with Crippen molar-refractivity contribution in [1.29, 1.82) is 0 Å². The minimum Gasteiger partial charge on any atom is -0.481 e. The molecule has 0 radical (unpaired) electrons. The SMILES string of the molecule is CC(C)(CNC(=O)c1cc2c(Oc3ccc(C(C)(C)C)cc3)cccc2c(CC2CCCC2)n1)CC(=O)O. The van der Waals surface area contributed by atoms with Gasteiger partial charge >= 0.3 is 5.97 Å². The summed E-state index contributed by atoms with van der Waals surface area (Å²) in [6.45, 7) is 10.5. The fourth-order valence-corrected chi connectivity index (χ4v) is 5.20. The minimum absolute atomic E-state index is 0.0304. The van der Waals surface area contributed by atoms with Gasteiger partial charge in [0.25, 0.3) is 5.91 Å². The van der Waals surface area contributed by atoms with Gasteiger partial charge in [-0.05, 0) is 53.0 Å². The van der Waals surface area contributed by atoms with Gasteiger partial charge < -0.3 is 15.2 Å². The van der Waals surface area contributed by atoms with Gasteiger partial charge in [-0.25, -0.2) is 4.98 Å². The summed E-state index contributed by atoms with van der Waals surface area (Å²) < 4.78 is 6.35. The number of ether oxygens (including phenoxy) is 1. The fraction of sp³-hybridized carbons (Fsp3) is 0.469. The third-order valence-corrected chi connectivity index (χ3v) is 7.41. The molecule has 0 spiro atoms. The normalized spacial score (nSPS) is 14.6. The molecule has 1 aromatic heterocycles. The first kappa shape index (κ1) is 27.6. The Balaban J connectivity index is 1.68. The first-order chi connectivity index (χ1) is 17.9. The number of aliphatic carboxylic acids is 1. The van der Waals surface area contributed by atoms with E-state index in [1.54, 1.807) is 6.07 Å². The van der Waals surface area contributed by atoms with E-state index in [0.29, 0.717) is 17.4 Å². The highest BCUT2D eigenvalue weighted by Crippen LogP contribution is 2.35. The molecule has 2 N–H and O–H groups in total. The molecule has 0 unspecified atom stereocenters. The van der Waals surface area contributed by atoms with Crippen molar-refractivity contribution in [1.82, 2.24) is 10.3 Å². The van der Waals surface area contributed by atoms with E-state index < -0.39 is 11.4 Å². The van der Waals surface area contributed by atoms with Gasteiger partial charge in [0, 0.05) is 23.0 Å². The number of benzene rings is 2. The Labute approximate surface area is 225 Å². The summed E-state index contributed by atoms with van der Waals surface area (Å²) in [5, 5.41) is 14.0. The third kappa shape index (κ3) is 6.91. The number of hydrogen-bond acceptors (Lipinski definition) is 4. The van der Waals surface area contributed by atoms with Crippen LogP contribution in [0.3, 0.4) is 0 Å². The Morgan fingerprint density at radius 2 is 1.68 bits per heavy atom. The molecule has 1 aliphatic rings. The number of fused-ring (bicyclic) bond motifs is 1. The van der Waals surface area contributed by atoms with Gasteiger partial charge in [-0.3, -0.25) is 9.59 Å². The van der Waals surface area contributed by atoms with E-state index in [-0.39, 0.29) is 24.3 Å². The molecule has 1 aliphatic carbocycles. The molecule has 6 nitrogen and oxygen atoms in total. The van der Waals surface area contributed by atoms with Gasteiger partial charge in [0.1, 0.15) is 17.2 Å². The van der Waals surface area contributed by atoms with Crippen LogP contribution in [-0.4, -0.2) is 28.5 Å². The molecular formula is C32H40N2O4. The summed E-state index contributed by atoms with van der Waals surface area (Å²) >= 11 is 0. The predicted octanol–water partition coefficient (Wildman–Crippen LogP) is 7.29. The summed E-state index contributed by atoms with van der Waals surface area (Å²) in [7, 11) is 0. The fourth-order valence-electron chi connectivity index (χ4n) is 5.20. The number of carbonyl (C=O) groups excluding carboxylic acids is 1. The van der Waals surface area contributed by atoms with E-state index in [2.05, 4.69) is 44.3 Å². The molecular weight excluding hydrogens is 476 g/mol. The Morgan fingerprint density at radius 3 is 2.32 bits per heavy atom. The largest absolute Gasteiger partial charge is 0.481 e. The van der Waals surface area contributed by atoms with Crippen LogP contribution in [0, 0.1) is 11.3 Å². The molecule has 0 bridgehead atoms. The van der Waals surface area contributed by atoms with Crippen molar-refractivity contribution in [2.45, 2.75) is 78.6 Å². The van der Waals surface area contributed by atoms with Gasteiger partial charge in [-0.2, -0.15) is 0 Å². The molecule has 4 rings (SSSR count). The van der Waals surface area contributed by atoms with Gasteiger partial charge in [0.15, 0.2) is 0 Å². The Morgan fingerprint density at radius 1 is 1.00 bits per heavy atom. The lowest BCUT2D eigenvalue weighted by atomic mass is 9.87. The molecule has 6 heteroatoms. The van der Waals surface area contributed by atoms with Crippen molar-refractivity contribution in [2.75, 3.05) is 6.54 Å². The number of hydrogen-bond donors (Lipinski definition) is 2. The quantitative estimate of drug-likeness (QED) is 0.312. The standard InChI is InChI=1S/C32H40N2O4/c1-31(2,3)22-13-15-23(16-14-22)38-28-12-8-11-24-25(28)18-27(34-26(24)17-21-9-6-7-10-21)30(37)33-20-32(4,5)19-29(35)36/h8,11-16,18,21H,6-7,9-10,17,19-20H2,1-5H3,(H,33,37)(H,35,36). The number of carboxylic acid groups (broad SMARTS) is 1. The summed E-state index contributed by atoms with van der Waals surface area (Å²) in [4.78, 5) is 29.3. The summed E-state index contributed by atoms with van der Waals surface area (Å²) in [5.74, 6) is 0.794. The van der Waals surface area contributed by atoms with E-state index in [9.17, 15) is 14.7 Å². The second-order valence-electron chi connectivity index (χ2n) is 12.5. The molecule has 0 atom stereocenters. The van der Waals surface area contributed by atoms with Crippen LogP contribution in [0.2, 0.25) is 0 Å². The first-order valence-corrected chi connectivity index (χ1v) is 13.6. The molecule has 0 aliphatic heterocycles. The maximum absolute atomic E-state index is 13.2. The topological polar surface area (TPSA) is 88.5 Å². The Bertz CT molecular complexity index is 1300. The lowest BCUT2D eigenvalue weighted by Crippen LogP contribution is -2.35. The Hall–Kier alpha value is -3.41. The lowest BCUT2D eigenvalue weighted by molar-refractivity contribution is -0.139.